The number of imidazole rings is 1. The summed E-state index contributed by atoms with van der Waals surface area (Å²) in [5.41, 5.74) is 7.04. The molecule has 5 nitrogen and oxygen atoms in total. The lowest BCUT2D eigenvalue weighted by Gasteiger charge is -2.09. The molecule has 1 aromatic rings. The Kier molecular flexibility index (Phi) is 2.32. The van der Waals surface area contributed by atoms with Crippen LogP contribution < -0.4 is 5.73 Å². The Hall–Kier alpha value is -0.880. The van der Waals surface area contributed by atoms with Crippen LogP contribution in [0, 0.1) is 0 Å². The van der Waals surface area contributed by atoms with Crippen molar-refractivity contribution in [3.63, 3.8) is 0 Å². The average Bonchev–Trinajstić information content (AvgIpc) is 2.45. The van der Waals surface area contributed by atoms with Crippen LogP contribution in [0.5, 0.6) is 0 Å². The molecule has 1 aromatic heterocycles. The fraction of sp³-hybridized carbons (Fsp3) is 0.625. The number of sulfone groups is 1. The standard InChI is InChI=1S/C8H13N3O2S/c9-3-1-8-10-6-2-4-14(12,13)5-7(6)11-8/h1-5,9H2,(H,10,11). The zero-order valence-electron chi connectivity index (χ0n) is 7.78. The molecule has 0 saturated heterocycles. The summed E-state index contributed by atoms with van der Waals surface area (Å²) >= 11 is 0. The van der Waals surface area contributed by atoms with Gasteiger partial charge in [-0.1, -0.05) is 0 Å². The summed E-state index contributed by atoms with van der Waals surface area (Å²) in [4.78, 5) is 7.33. The van der Waals surface area contributed by atoms with Gasteiger partial charge in [0.2, 0.25) is 0 Å². The van der Waals surface area contributed by atoms with E-state index in [1.165, 1.54) is 0 Å². The molecule has 0 atom stereocenters. The van der Waals surface area contributed by atoms with Crippen molar-refractivity contribution in [2.75, 3.05) is 12.3 Å². The lowest BCUT2D eigenvalue weighted by molar-refractivity contribution is 0.590. The minimum Gasteiger partial charge on any atom is -0.345 e. The largest absolute Gasteiger partial charge is 0.345 e. The smallest absolute Gasteiger partial charge is 0.156 e. The number of nitrogens with two attached hydrogens (primary N) is 1. The van der Waals surface area contributed by atoms with Gasteiger partial charge in [0.15, 0.2) is 9.84 Å². The second kappa shape index (κ2) is 3.36. The molecule has 0 bridgehead atoms. The fourth-order valence-electron chi connectivity index (χ4n) is 1.63. The van der Waals surface area contributed by atoms with Gasteiger partial charge in [-0.15, -0.1) is 0 Å². The highest BCUT2D eigenvalue weighted by Gasteiger charge is 2.24. The van der Waals surface area contributed by atoms with E-state index in [4.69, 9.17) is 5.73 Å². The van der Waals surface area contributed by atoms with E-state index in [0.29, 0.717) is 19.4 Å². The first kappa shape index (κ1) is 9.67. The van der Waals surface area contributed by atoms with E-state index >= 15 is 0 Å². The van der Waals surface area contributed by atoms with Crippen molar-refractivity contribution in [3.05, 3.63) is 17.2 Å². The van der Waals surface area contributed by atoms with Crippen molar-refractivity contribution in [1.29, 1.82) is 0 Å². The molecule has 14 heavy (non-hydrogen) atoms. The molecule has 0 spiro atoms. The first-order chi connectivity index (χ1) is 6.61. The number of aromatic nitrogens is 2. The van der Waals surface area contributed by atoms with Gasteiger partial charge in [-0.05, 0) is 6.54 Å². The maximum Gasteiger partial charge on any atom is 0.156 e. The van der Waals surface area contributed by atoms with Crippen LogP contribution in [0.15, 0.2) is 0 Å². The van der Waals surface area contributed by atoms with Crippen molar-refractivity contribution in [2.24, 2.45) is 5.73 Å². The Morgan fingerprint density at radius 3 is 3.00 bits per heavy atom. The molecule has 0 aliphatic carbocycles. The number of hydrogen-bond acceptors (Lipinski definition) is 4. The van der Waals surface area contributed by atoms with Crippen LogP contribution in [-0.4, -0.2) is 30.7 Å². The topological polar surface area (TPSA) is 88.8 Å². The molecule has 78 valence electrons. The number of aromatic amines is 1. The van der Waals surface area contributed by atoms with Crippen molar-refractivity contribution >= 4 is 9.84 Å². The predicted molar refractivity (Wildman–Crippen MR) is 52.5 cm³/mol. The molecule has 2 heterocycles. The SMILES string of the molecule is NCCc1nc2c([nH]1)CS(=O)(=O)CC2. The van der Waals surface area contributed by atoms with Gasteiger partial charge >= 0.3 is 0 Å². The summed E-state index contributed by atoms with van der Waals surface area (Å²) < 4.78 is 22.6. The third-order valence-electron chi connectivity index (χ3n) is 2.31. The molecule has 3 N–H and O–H groups in total. The number of nitrogens with one attached hydrogen (secondary N) is 1. The van der Waals surface area contributed by atoms with Crippen LogP contribution in [0.25, 0.3) is 0 Å². The van der Waals surface area contributed by atoms with Crippen molar-refractivity contribution in [3.8, 4) is 0 Å². The van der Waals surface area contributed by atoms with E-state index < -0.39 is 9.84 Å². The minimum atomic E-state index is -2.90. The summed E-state index contributed by atoms with van der Waals surface area (Å²) in [5.74, 6) is 1.11. The van der Waals surface area contributed by atoms with Gasteiger partial charge in [0.25, 0.3) is 0 Å². The average molecular weight is 215 g/mol. The molecule has 0 aromatic carbocycles. The molecular formula is C8H13N3O2S. The van der Waals surface area contributed by atoms with Crippen LogP contribution in [0.3, 0.4) is 0 Å². The Bertz CT molecular complexity index is 435. The highest BCUT2D eigenvalue weighted by Crippen LogP contribution is 2.18. The number of hydrogen-bond donors (Lipinski definition) is 2. The van der Waals surface area contributed by atoms with E-state index in [-0.39, 0.29) is 11.5 Å². The van der Waals surface area contributed by atoms with Crippen molar-refractivity contribution < 1.29 is 8.42 Å². The Labute approximate surface area is 82.6 Å². The van der Waals surface area contributed by atoms with Crippen molar-refractivity contribution in [2.45, 2.75) is 18.6 Å². The van der Waals surface area contributed by atoms with Gasteiger partial charge in [-0.25, -0.2) is 13.4 Å². The fourth-order valence-corrected chi connectivity index (χ4v) is 2.96. The molecular weight excluding hydrogens is 202 g/mol. The molecule has 0 amide bonds. The number of H-pyrrole nitrogens is 1. The molecule has 0 saturated carbocycles. The highest BCUT2D eigenvalue weighted by molar-refractivity contribution is 7.90. The van der Waals surface area contributed by atoms with Gasteiger partial charge in [-0.3, -0.25) is 0 Å². The summed E-state index contributed by atoms with van der Waals surface area (Å²) in [6.45, 7) is 0.527. The van der Waals surface area contributed by atoms with Gasteiger partial charge in [0.05, 0.1) is 22.9 Å². The highest BCUT2D eigenvalue weighted by atomic mass is 32.2. The maximum absolute atomic E-state index is 11.3. The maximum atomic E-state index is 11.3. The summed E-state index contributed by atoms with van der Waals surface area (Å²) in [5, 5.41) is 0. The van der Waals surface area contributed by atoms with E-state index in [1.54, 1.807) is 0 Å². The summed E-state index contributed by atoms with van der Waals surface area (Å²) in [7, 11) is -2.90. The zero-order valence-corrected chi connectivity index (χ0v) is 8.60. The zero-order chi connectivity index (χ0) is 10.2. The second-order valence-corrected chi connectivity index (χ2v) is 5.67. The van der Waals surface area contributed by atoms with E-state index in [1.807, 2.05) is 0 Å². The summed E-state index contributed by atoms with van der Waals surface area (Å²) in [6, 6.07) is 0. The Morgan fingerprint density at radius 2 is 2.29 bits per heavy atom. The molecule has 6 heteroatoms. The number of aryl methyl sites for hydroxylation is 1. The first-order valence-electron chi connectivity index (χ1n) is 4.58. The number of fused-ring (bicyclic) bond motifs is 1. The molecule has 1 aliphatic rings. The van der Waals surface area contributed by atoms with Crippen molar-refractivity contribution in [1.82, 2.24) is 9.97 Å². The lowest BCUT2D eigenvalue weighted by Crippen LogP contribution is -2.18. The molecule has 0 fully saturated rings. The van der Waals surface area contributed by atoms with Crippen LogP contribution in [0.1, 0.15) is 17.2 Å². The van der Waals surface area contributed by atoms with Gasteiger partial charge < -0.3 is 10.7 Å². The van der Waals surface area contributed by atoms with Gasteiger partial charge in [0.1, 0.15) is 5.82 Å². The van der Waals surface area contributed by atoms with Gasteiger partial charge in [0, 0.05) is 12.8 Å². The molecule has 0 unspecified atom stereocenters. The van der Waals surface area contributed by atoms with Crippen LogP contribution in [0.4, 0.5) is 0 Å². The lowest BCUT2D eigenvalue weighted by atomic mass is 10.3. The van der Waals surface area contributed by atoms with Crippen LogP contribution >= 0.6 is 0 Å². The molecule has 0 radical (unpaired) electrons. The Morgan fingerprint density at radius 1 is 1.50 bits per heavy atom. The minimum absolute atomic E-state index is 0.0971. The van der Waals surface area contributed by atoms with E-state index in [9.17, 15) is 8.42 Å². The monoisotopic (exact) mass is 215 g/mol. The van der Waals surface area contributed by atoms with E-state index in [0.717, 1.165) is 17.2 Å². The van der Waals surface area contributed by atoms with Crippen LogP contribution in [0.2, 0.25) is 0 Å². The Balaban J connectivity index is 2.30. The summed E-state index contributed by atoms with van der Waals surface area (Å²) in [6.07, 6.45) is 1.20. The van der Waals surface area contributed by atoms with Gasteiger partial charge in [-0.2, -0.15) is 0 Å². The van der Waals surface area contributed by atoms with E-state index in [2.05, 4.69) is 9.97 Å². The normalized spacial score (nSPS) is 19.2. The molecule has 1 aliphatic heterocycles. The second-order valence-electron chi connectivity index (χ2n) is 3.49. The third-order valence-corrected chi connectivity index (χ3v) is 3.86. The number of rotatable bonds is 2. The number of nitrogens with zero attached hydrogens (tertiary/aromatic N) is 1. The van der Waals surface area contributed by atoms with Crippen LogP contribution in [-0.2, 0) is 28.4 Å². The quantitative estimate of drug-likeness (QED) is 0.688. The third kappa shape index (κ3) is 1.80. The predicted octanol–water partition coefficient (Wildman–Crippen LogP) is -0.618. The molecule has 2 rings (SSSR count). The first-order valence-corrected chi connectivity index (χ1v) is 6.40.